The van der Waals surface area contributed by atoms with Crippen LogP contribution in [0, 0.1) is 0 Å². The fourth-order valence-electron chi connectivity index (χ4n) is 18.4. The molecule has 6 heterocycles. The largest absolute Gasteiger partial charge is 0.508 e. The molecule has 0 spiro atoms. The van der Waals surface area contributed by atoms with Crippen LogP contribution >= 0.6 is 0 Å². The van der Waals surface area contributed by atoms with Crippen LogP contribution in [0.5, 0.6) is 87.0 Å². The lowest BCUT2D eigenvalue weighted by molar-refractivity contribution is 0.381. The summed E-state index contributed by atoms with van der Waals surface area (Å²) >= 11 is 0. The molecule has 4 aliphatic rings. The van der Waals surface area contributed by atoms with Crippen molar-refractivity contribution in [2.45, 2.75) is 244 Å². The molecule has 3 aromatic heterocycles. The quantitative estimate of drug-likeness (QED) is 0.0322. The first-order valence-electron chi connectivity index (χ1n) is 44.8. The molecular formula is C106H112N8O9. The van der Waals surface area contributed by atoms with E-state index in [1.807, 2.05) is 128 Å². The number of aromatic hydroxyl groups is 3. The molecule has 3 aliphatic heterocycles. The fourth-order valence-corrected chi connectivity index (χ4v) is 18.4. The molecule has 123 heavy (non-hydrogen) atoms. The van der Waals surface area contributed by atoms with E-state index in [1.54, 1.807) is 12.3 Å². The second-order valence-electron chi connectivity index (χ2n) is 35.9. The molecule has 1 aliphatic carbocycles. The Hall–Kier alpha value is -12.2. The number of phenols is 3. The van der Waals surface area contributed by atoms with E-state index in [0.29, 0.717) is 110 Å². The van der Waals surface area contributed by atoms with E-state index in [9.17, 15) is 15.3 Å². The normalized spacial score (nSPS) is 16.2. The maximum Gasteiger partial charge on any atom is 0.284 e. The predicted molar refractivity (Wildman–Crippen MR) is 490 cm³/mol. The number of unbranched alkanes of at least 4 members (excludes halogenated alkanes) is 12. The zero-order chi connectivity index (χ0) is 85.0. The molecule has 17 rings (SSSR count). The van der Waals surface area contributed by atoms with Gasteiger partial charge in [-0.05, 0) is 120 Å². The van der Waals surface area contributed by atoms with Gasteiger partial charge in [-0.1, -0.05) is 275 Å². The van der Waals surface area contributed by atoms with Gasteiger partial charge in [-0.15, -0.1) is 0 Å². The minimum absolute atomic E-state index is 0.0306. The van der Waals surface area contributed by atoms with Gasteiger partial charge in [-0.25, -0.2) is 29.9 Å². The minimum atomic E-state index is -0.787. The molecule has 3 N–H and O–H groups in total. The molecule has 6 atom stereocenters. The average molecular weight is 1640 g/mol. The summed E-state index contributed by atoms with van der Waals surface area (Å²) in [5.41, 5.74) is 13.4. The summed E-state index contributed by atoms with van der Waals surface area (Å²) in [4.78, 5) is 43.4. The number of ether oxygens (including phenoxy) is 6. The van der Waals surface area contributed by atoms with Crippen LogP contribution in [0.3, 0.4) is 0 Å². The smallest absolute Gasteiger partial charge is 0.284 e. The summed E-state index contributed by atoms with van der Waals surface area (Å²) < 4.78 is 45.3. The van der Waals surface area contributed by atoms with E-state index in [1.165, 1.54) is 0 Å². The van der Waals surface area contributed by atoms with Crippen LogP contribution in [0.4, 0.5) is 0 Å². The first-order valence-corrected chi connectivity index (χ1v) is 44.8. The third kappa shape index (κ3) is 17.4. The van der Waals surface area contributed by atoms with Gasteiger partial charge in [0.25, 0.3) is 35.3 Å². The average Bonchev–Trinajstić information content (AvgIpc) is 1.66. The Bertz CT molecular complexity index is 6120. The third-order valence-corrected chi connectivity index (χ3v) is 25.1. The van der Waals surface area contributed by atoms with Crippen LogP contribution in [0.1, 0.15) is 311 Å². The molecule has 0 unspecified atom stereocenters. The highest BCUT2D eigenvalue weighted by atomic mass is 16.6. The zero-order valence-corrected chi connectivity index (χ0v) is 72.5. The van der Waals surface area contributed by atoms with Crippen molar-refractivity contribution in [1.29, 1.82) is 0 Å². The van der Waals surface area contributed by atoms with Gasteiger partial charge in [0.1, 0.15) is 63.8 Å². The lowest BCUT2D eigenvalue weighted by atomic mass is 9.75. The predicted octanol–water partition coefficient (Wildman–Crippen LogP) is 28.7. The van der Waals surface area contributed by atoms with Crippen LogP contribution in [0.2, 0.25) is 0 Å². The van der Waals surface area contributed by atoms with E-state index in [0.717, 1.165) is 158 Å². The Kier molecular flexibility index (Phi) is 24.3. The Balaban J connectivity index is 1.02. The van der Waals surface area contributed by atoms with Crippen LogP contribution < -0.4 is 28.4 Å². The van der Waals surface area contributed by atoms with Crippen molar-refractivity contribution in [3.05, 3.63) is 266 Å². The van der Waals surface area contributed by atoms with Crippen molar-refractivity contribution < 1.29 is 43.7 Å². The number of aliphatic imine (C=N–C) groups is 2. The van der Waals surface area contributed by atoms with Crippen molar-refractivity contribution in [2.75, 3.05) is 0 Å². The van der Waals surface area contributed by atoms with Gasteiger partial charge >= 0.3 is 0 Å². The van der Waals surface area contributed by atoms with Crippen molar-refractivity contribution in [3.63, 3.8) is 0 Å². The Morgan fingerprint density at radius 2 is 0.650 bits per heavy atom. The number of nitrogens with zero attached hydrogens (tertiary/aromatic N) is 8. The Labute approximate surface area is 722 Å². The second kappa shape index (κ2) is 36.1. The van der Waals surface area contributed by atoms with Gasteiger partial charge in [0.05, 0.1) is 38.7 Å². The topological polar surface area (TPSA) is 218 Å². The van der Waals surface area contributed by atoms with Crippen molar-refractivity contribution in [2.24, 2.45) is 9.98 Å². The number of para-hydroxylation sites is 6. The van der Waals surface area contributed by atoms with E-state index in [2.05, 4.69) is 130 Å². The molecule has 8 bridgehead atoms. The monoisotopic (exact) mass is 1640 g/mol. The summed E-state index contributed by atoms with van der Waals surface area (Å²) in [5, 5.41) is 41.0. The first-order chi connectivity index (χ1) is 59.8. The van der Waals surface area contributed by atoms with Gasteiger partial charge in [-0.2, -0.15) is 0 Å². The highest BCUT2D eigenvalue weighted by Crippen LogP contribution is 2.59. The lowest BCUT2D eigenvalue weighted by Gasteiger charge is -2.30. The van der Waals surface area contributed by atoms with E-state index in [-0.39, 0.29) is 63.5 Å². The van der Waals surface area contributed by atoms with Gasteiger partial charge in [0, 0.05) is 110 Å². The fraction of sp³-hybridized carbons (Fsp3) is 0.358. The number of aromatic nitrogens is 6. The van der Waals surface area contributed by atoms with E-state index < -0.39 is 41.2 Å². The highest BCUT2D eigenvalue weighted by Gasteiger charge is 2.41. The first kappa shape index (κ1) is 83.0. The molecule has 10 aromatic carbocycles. The number of phenolic OH excluding ortho intramolecular Hbond substituents is 3. The molecule has 630 valence electrons. The number of hydrogen-bond acceptors (Lipinski definition) is 17. The maximum absolute atomic E-state index is 14.8. The Morgan fingerprint density at radius 3 is 1.02 bits per heavy atom. The van der Waals surface area contributed by atoms with Crippen molar-refractivity contribution >= 4 is 45.5 Å². The molecular weight excluding hydrogens is 1530 g/mol. The standard InChI is InChI=1S/C106H112N8O9/c1-11-15-19-29-43-68-72-55-73-69(44-30-20-16-12-2)74-56-75-70(45-31-21-17-13-3)76-57-77-71(46-32-22-18-14-4)79-58-78(68)97(117)80(63-108-95(65-41-27-24-28-42-65)94(64-39-25-23-26-40-64)107-62-66-53-67(105(5,6)7)54-81(96(66)116)106(8,9)10)98(79)123-104-103(113-86-51-37-38-52-87(86)114-104)122-93(77)61-92(76)121-102-101(111-84-49-35-36-50-85(84)112-102)120-91(75)60-90(74)119-100-99(118-89(73)59-88(72)115)109-82-47-33-34-48-83(82)110-100/h23-28,33-42,47-63,68-71,94-95,115-117H,11-22,29-32,43-46H2,1-10H3/t68-,69+,70+,71+,94+,95+/m0/s1. The molecule has 0 saturated heterocycles. The molecule has 17 nitrogen and oxygen atoms in total. The molecule has 13 aromatic rings. The number of hydrogen-bond donors (Lipinski definition) is 3. The molecule has 0 amide bonds. The van der Waals surface area contributed by atoms with Gasteiger partial charge in [-0.3, -0.25) is 9.98 Å². The molecule has 0 fully saturated rings. The summed E-state index contributed by atoms with van der Waals surface area (Å²) in [7, 11) is 0. The molecule has 0 radical (unpaired) electrons. The minimum Gasteiger partial charge on any atom is -0.508 e. The molecule has 0 saturated carbocycles. The Morgan fingerprint density at radius 1 is 0.325 bits per heavy atom. The summed E-state index contributed by atoms with van der Waals surface area (Å²) in [5.74, 6) is 1.04. The zero-order valence-electron chi connectivity index (χ0n) is 72.5. The van der Waals surface area contributed by atoms with Gasteiger partial charge in [0.15, 0.2) is 0 Å². The van der Waals surface area contributed by atoms with Crippen LogP contribution in [-0.4, -0.2) is 57.7 Å². The second-order valence-corrected chi connectivity index (χ2v) is 35.9. The summed E-state index contributed by atoms with van der Waals surface area (Å²) in [6, 6.07) is 60.9. The number of benzene rings is 10. The number of fused-ring (bicyclic) bond motifs is 8. The summed E-state index contributed by atoms with van der Waals surface area (Å²) in [6.45, 7) is 21.9. The maximum atomic E-state index is 14.8. The molecule has 17 heteroatoms. The highest BCUT2D eigenvalue weighted by molar-refractivity contribution is 5.91. The SMILES string of the molecule is CCCCCC[C@@H]1c2cc3c(O)cc2Oc2nc4ccccc4nc2Oc2cc4c(cc21)[C@@H](CCCCCC)c1cc2c(cc1Oc1nc5ccccc5nc1O4)Oc1nc4ccccc4nc1Oc1c(cc(c(O)c1C=N[C@H](c1ccccc1)[C@H](N=Cc1cc(C(C)(C)C)cc(C(C)(C)C)c1O)c1ccccc1)[C@H]3CCCCCC)[C@@H]2CCCCCC. The van der Waals surface area contributed by atoms with Crippen LogP contribution in [0.25, 0.3) is 33.1 Å². The van der Waals surface area contributed by atoms with Crippen molar-refractivity contribution in [3.8, 4) is 87.0 Å². The van der Waals surface area contributed by atoms with Gasteiger partial charge < -0.3 is 43.7 Å². The van der Waals surface area contributed by atoms with Crippen LogP contribution in [-0.2, 0) is 10.8 Å². The third-order valence-electron chi connectivity index (χ3n) is 25.1. The van der Waals surface area contributed by atoms with E-state index >= 15 is 0 Å². The number of rotatable bonds is 27. The van der Waals surface area contributed by atoms with Gasteiger partial charge in [0.2, 0.25) is 0 Å². The van der Waals surface area contributed by atoms with E-state index in [4.69, 9.17) is 68.3 Å². The van der Waals surface area contributed by atoms with Crippen molar-refractivity contribution in [1.82, 2.24) is 29.9 Å². The summed E-state index contributed by atoms with van der Waals surface area (Å²) in [6.07, 6.45) is 20.9. The lowest BCUT2D eigenvalue weighted by Crippen LogP contribution is -2.17. The van der Waals surface area contributed by atoms with Crippen LogP contribution in [0.15, 0.2) is 198 Å².